The lowest BCUT2D eigenvalue weighted by atomic mass is 10.2. The van der Waals surface area contributed by atoms with Gasteiger partial charge in [0.15, 0.2) is 0 Å². The number of aromatic nitrogens is 1. The number of nitrogens with zero attached hydrogens (tertiary/aromatic N) is 1. The average molecular weight is 374 g/mol. The maximum atomic E-state index is 12.7. The fraction of sp³-hybridized carbons (Fsp3) is 0.0588. The van der Waals surface area contributed by atoms with Crippen molar-refractivity contribution in [3.05, 3.63) is 64.3 Å². The second-order valence-corrected chi connectivity index (χ2v) is 5.83. The molecule has 0 aliphatic carbocycles. The SMILES string of the molecule is COc1ccc(C(=O)n2cc(C(=O)O)c3cc(Br)ccc32)cc1. The lowest BCUT2D eigenvalue weighted by Crippen LogP contribution is -2.10. The van der Waals surface area contributed by atoms with Crippen molar-refractivity contribution in [1.82, 2.24) is 4.57 Å². The number of fused-ring (bicyclic) bond motifs is 1. The standard InChI is InChI=1S/C17H12BrNO4/c1-23-12-5-2-10(3-6-12)16(20)19-9-14(17(21)22)13-8-11(18)4-7-15(13)19/h2-9H,1H3,(H,21,22). The van der Waals surface area contributed by atoms with Crippen molar-refractivity contribution in [3.8, 4) is 5.75 Å². The van der Waals surface area contributed by atoms with Crippen molar-refractivity contribution in [2.24, 2.45) is 0 Å². The summed E-state index contributed by atoms with van der Waals surface area (Å²) in [5.74, 6) is -0.726. The highest BCUT2D eigenvalue weighted by molar-refractivity contribution is 9.10. The molecule has 116 valence electrons. The van der Waals surface area contributed by atoms with Gasteiger partial charge in [-0.1, -0.05) is 15.9 Å². The van der Waals surface area contributed by atoms with Crippen LogP contribution in [0.5, 0.6) is 5.75 Å². The van der Waals surface area contributed by atoms with Crippen LogP contribution in [0.3, 0.4) is 0 Å². The molecule has 0 unspecified atom stereocenters. The summed E-state index contributed by atoms with van der Waals surface area (Å²) >= 11 is 3.32. The predicted octanol–water partition coefficient (Wildman–Crippen LogP) is 3.80. The van der Waals surface area contributed by atoms with Crippen molar-refractivity contribution in [2.75, 3.05) is 7.11 Å². The van der Waals surface area contributed by atoms with Crippen molar-refractivity contribution in [3.63, 3.8) is 0 Å². The van der Waals surface area contributed by atoms with E-state index in [-0.39, 0.29) is 11.5 Å². The summed E-state index contributed by atoms with van der Waals surface area (Å²) in [6.07, 6.45) is 1.35. The Hall–Kier alpha value is -2.60. The zero-order valence-electron chi connectivity index (χ0n) is 12.1. The van der Waals surface area contributed by atoms with E-state index in [1.807, 2.05) is 0 Å². The van der Waals surface area contributed by atoms with E-state index in [1.165, 1.54) is 10.8 Å². The summed E-state index contributed by atoms with van der Waals surface area (Å²) in [5, 5.41) is 9.86. The number of ether oxygens (including phenoxy) is 1. The Morgan fingerprint density at radius 1 is 1.13 bits per heavy atom. The summed E-state index contributed by atoms with van der Waals surface area (Å²) in [5.41, 5.74) is 1.08. The summed E-state index contributed by atoms with van der Waals surface area (Å²) in [7, 11) is 1.55. The molecular weight excluding hydrogens is 362 g/mol. The molecule has 1 heterocycles. The highest BCUT2D eigenvalue weighted by Crippen LogP contribution is 2.26. The van der Waals surface area contributed by atoms with E-state index >= 15 is 0 Å². The van der Waals surface area contributed by atoms with E-state index in [1.54, 1.807) is 49.6 Å². The summed E-state index contributed by atoms with van der Waals surface area (Å²) in [4.78, 5) is 24.1. The van der Waals surface area contributed by atoms with Gasteiger partial charge in [0.05, 0.1) is 18.2 Å². The van der Waals surface area contributed by atoms with Gasteiger partial charge in [-0.05, 0) is 42.5 Å². The molecule has 6 heteroatoms. The number of rotatable bonds is 3. The Labute approximate surface area is 140 Å². The normalized spacial score (nSPS) is 10.7. The van der Waals surface area contributed by atoms with E-state index in [4.69, 9.17) is 4.74 Å². The van der Waals surface area contributed by atoms with Gasteiger partial charge >= 0.3 is 5.97 Å². The van der Waals surface area contributed by atoms with Gasteiger partial charge in [-0.3, -0.25) is 9.36 Å². The third-order valence-electron chi connectivity index (χ3n) is 3.55. The largest absolute Gasteiger partial charge is 0.497 e. The molecular formula is C17H12BrNO4. The topological polar surface area (TPSA) is 68.5 Å². The van der Waals surface area contributed by atoms with Crippen LogP contribution in [0.2, 0.25) is 0 Å². The minimum absolute atomic E-state index is 0.0863. The molecule has 1 N–H and O–H groups in total. The van der Waals surface area contributed by atoms with Crippen LogP contribution >= 0.6 is 15.9 Å². The number of methoxy groups -OCH3 is 1. The number of carbonyl (C=O) groups is 2. The number of hydrogen-bond acceptors (Lipinski definition) is 3. The van der Waals surface area contributed by atoms with Crippen LogP contribution in [0.1, 0.15) is 20.7 Å². The van der Waals surface area contributed by atoms with Crippen LogP contribution in [0.25, 0.3) is 10.9 Å². The van der Waals surface area contributed by atoms with Crippen LogP contribution in [0.15, 0.2) is 53.1 Å². The lowest BCUT2D eigenvalue weighted by molar-refractivity contribution is 0.0699. The smallest absolute Gasteiger partial charge is 0.337 e. The molecule has 0 aliphatic heterocycles. The Bertz CT molecular complexity index is 912. The number of carboxylic acids is 1. The van der Waals surface area contributed by atoms with Crippen LogP contribution in [-0.2, 0) is 0 Å². The monoisotopic (exact) mass is 373 g/mol. The maximum absolute atomic E-state index is 12.7. The number of carboxylic acid groups (broad SMARTS) is 1. The minimum Gasteiger partial charge on any atom is -0.497 e. The molecule has 3 rings (SSSR count). The third-order valence-corrected chi connectivity index (χ3v) is 4.05. The first-order valence-electron chi connectivity index (χ1n) is 6.74. The molecule has 23 heavy (non-hydrogen) atoms. The van der Waals surface area contributed by atoms with E-state index < -0.39 is 5.97 Å². The first kappa shape index (κ1) is 15.3. The second-order valence-electron chi connectivity index (χ2n) is 4.91. The number of aromatic carboxylic acids is 1. The van der Waals surface area contributed by atoms with E-state index in [2.05, 4.69) is 15.9 Å². The van der Waals surface area contributed by atoms with Gasteiger partial charge in [0.2, 0.25) is 0 Å². The Morgan fingerprint density at radius 3 is 2.43 bits per heavy atom. The van der Waals surface area contributed by atoms with Crippen molar-refractivity contribution in [2.45, 2.75) is 0 Å². The molecule has 0 radical (unpaired) electrons. The zero-order chi connectivity index (χ0) is 16.6. The highest BCUT2D eigenvalue weighted by atomic mass is 79.9. The van der Waals surface area contributed by atoms with Gasteiger partial charge < -0.3 is 9.84 Å². The van der Waals surface area contributed by atoms with Gasteiger partial charge in [0, 0.05) is 21.6 Å². The van der Waals surface area contributed by atoms with Gasteiger partial charge in [-0.25, -0.2) is 4.79 Å². The molecule has 3 aromatic rings. The van der Waals surface area contributed by atoms with Crippen molar-refractivity contribution >= 4 is 38.7 Å². The zero-order valence-corrected chi connectivity index (χ0v) is 13.7. The molecule has 0 saturated carbocycles. The van der Waals surface area contributed by atoms with E-state index in [9.17, 15) is 14.7 Å². The number of halogens is 1. The van der Waals surface area contributed by atoms with Crippen LogP contribution in [0, 0.1) is 0 Å². The number of hydrogen-bond donors (Lipinski definition) is 1. The molecule has 0 amide bonds. The molecule has 0 fully saturated rings. The first-order chi connectivity index (χ1) is 11.0. The Morgan fingerprint density at radius 2 is 1.83 bits per heavy atom. The molecule has 0 bridgehead atoms. The van der Waals surface area contributed by atoms with Crippen LogP contribution in [-0.4, -0.2) is 28.7 Å². The quantitative estimate of drug-likeness (QED) is 0.757. The fourth-order valence-corrected chi connectivity index (χ4v) is 2.77. The second kappa shape index (κ2) is 5.89. The molecule has 1 aromatic heterocycles. The van der Waals surface area contributed by atoms with Gasteiger partial charge in [-0.15, -0.1) is 0 Å². The van der Waals surface area contributed by atoms with Crippen molar-refractivity contribution in [1.29, 1.82) is 0 Å². The summed E-state index contributed by atoms with van der Waals surface area (Å²) in [6, 6.07) is 11.8. The molecule has 5 nitrogen and oxygen atoms in total. The number of benzene rings is 2. The minimum atomic E-state index is -1.07. The molecule has 2 aromatic carbocycles. The van der Waals surface area contributed by atoms with Crippen molar-refractivity contribution < 1.29 is 19.4 Å². The summed E-state index contributed by atoms with van der Waals surface area (Å²) in [6.45, 7) is 0. The van der Waals surface area contributed by atoms with Crippen LogP contribution < -0.4 is 4.74 Å². The van der Waals surface area contributed by atoms with E-state index in [0.29, 0.717) is 22.2 Å². The first-order valence-corrected chi connectivity index (χ1v) is 7.53. The van der Waals surface area contributed by atoms with Gasteiger partial charge in [-0.2, -0.15) is 0 Å². The van der Waals surface area contributed by atoms with Gasteiger partial charge in [0.25, 0.3) is 5.91 Å². The highest BCUT2D eigenvalue weighted by Gasteiger charge is 2.19. The maximum Gasteiger partial charge on any atom is 0.337 e. The molecule has 0 atom stereocenters. The molecule has 0 saturated heterocycles. The molecule has 0 spiro atoms. The molecule has 0 aliphatic rings. The Balaban J connectivity index is 2.15. The average Bonchev–Trinajstić information content (AvgIpc) is 2.93. The summed E-state index contributed by atoms with van der Waals surface area (Å²) < 4.78 is 7.18. The lowest BCUT2D eigenvalue weighted by Gasteiger charge is -2.05. The Kier molecular flexibility index (Phi) is 3.92. The third kappa shape index (κ3) is 2.73. The van der Waals surface area contributed by atoms with E-state index in [0.717, 1.165) is 4.47 Å². The van der Waals surface area contributed by atoms with Gasteiger partial charge in [0.1, 0.15) is 5.75 Å². The predicted molar refractivity (Wildman–Crippen MR) is 89.3 cm³/mol. The fourth-order valence-electron chi connectivity index (χ4n) is 2.41. The van der Waals surface area contributed by atoms with Crippen LogP contribution in [0.4, 0.5) is 0 Å². The number of carbonyl (C=O) groups excluding carboxylic acids is 1.